The quantitative estimate of drug-likeness (QED) is 0.684. The zero-order valence-corrected chi connectivity index (χ0v) is 7.23. The van der Waals surface area contributed by atoms with E-state index in [1.807, 2.05) is 0 Å². The summed E-state index contributed by atoms with van der Waals surface area (Å²) in [5.74, 6) is -0.0204. The summed E-state index contributed by atoms with van der Waals surface area (Å²) in [4.78, 5) is 11.3. The molecule has 0 spiro atoms. The molecule has 72 valence electrons. The van der Waals surface area contributed by atoms with Gasteiger partial charge in [0, 0.05) is 18.0 Å². The number of hydrogen-bond acceptors (Lipinski definition) is 4. The van der Waals surface area contributed by atoms with Crippen LogP contribution in [-0.2, 0) is 11.2 Å². The lowest BCUT2D eigenvalue weighted by molar-refractivity contribution is -0.133. The third-order valence-electron chi connectivity index (χ3n) is 1.59. The van der Waals surface area contributed by atoms with Gasteiger partial charge < -0.3 is 4.74 Å². The van der Waals surface area contributed by atoms with Gasteiger partial charge in [-0.15, -0.1) is 0 Å². The standard InChI is InChI=1S/C8H8N4O2/c13-8(5-6-1-3-9-11-6)14-7-2-4-10-12-7/h1-4H,5H2,(H,9,11)(H,10,12). The monoisotopic (exact) mass is 192 g/mol. The summed E-state index contributed by atoms with van der Waals surface area (Å²) in [7, 11) is 0. The summed E-state index contributed by atoms with van der Waals surface area (Å²) in [6.07, 6.45) is 3.26. The second-order valence-corrected chi connectivity index (χ2v) is 2.65. The van der Waals surface area contributed by atoms with Gasteiger partial charge in [0.2, 0.25) is 5.88 Å². The molecule has 0 saturated carbocycles. The van der Waals surface area contributed by atoms with E-state index in [1.165, 1.54) is 6.20 Å². The maximum absolute atomic E-state index is 11.3. The molecule has 2 aromatic rings. The largest absolute Gasteiger partial charge is 0.408 e. The number of nitrogens with zero attached hydrogens (tertiary/aromatic N) is 2. The van der Waals surface area contributed by atoms with E-state index in [4.69, 9.17) is 4.74 Å². The second kappa shape index (κ2) is 3.73. The highest BCUT2D eigenvalue weighted by atomic mass is 16.5. The molecule has 2 rings (SSSR count). The summed E-state index contributed by atoms with van der Waals surface area (Å²) in [5, 5.41) is 12.6. The fourth-order valence-electron chi connectivity index (χ4n) is 0.997. The summed E-state index contributed by atoms with van der Waals surface area (Å²) < 4.78 is 4.92. The van der Waals surface area contributed by atoms with Crippen molar-refractivity contribution in [2.75, 3.05) is 0 Å². The molecule has 0 saturated heterocycles. The van der Waals surface area contributed by atoms with Gasteiger partial charge in [0.1, 0.15) is 0 Å². The van der Waals surface area contributed by atoms with Gasteiger partial charge in [-0.05, 0) is 6.07 Å². The van der Waals surface area contributed by atoms with E-state index in [0.29, 0.717) is 5.88 Å². The molecule has 2 aromatic heterocycles. The van der Waals surface area contributed by atoms with E-state index in [9.17, 15) is 4.79 Å². The third kappa shape index (κ3) is 1.98. The van der Waals surface area contributed by atoms with Crippen LogP contribution in [0.25, 0.3) is 0 Å². The van der Waals surface area contributed by atoms with E-state index >= 15 is 0 Å². The van der Waals surface area contributed by atoms with Crippen molar-refractivity contribution in [2.45, 2.75) is 6.42 Å². The predicted octanol–water partition coefficient (Wildman–Crippen LogP) is 0.281. The number of carbonyl (C=O) groups excluding carboxylic acids is 1. The summed E-state index contributed by atoms with van der Waals surface area (Å²) in [6, 6.07) is 3.29. The highest BCUT2D eigenvalue weighted by Crippen LogP contribution is 2.04. The maximum atomic E-state index is 11.3. The van der Waals surface area contributed by atoms with Crippen LogP contribution in [-0.4, -0.2) is 26.4 Å². The molecule has 0 aliphatic heterocycles. The molecule has 2 N–H and O–H groups in total. The van der Waals surface area contributed by atoms with Crippen LogP contribution in [0.2, 0.25) is 0 Å². The number of esters is 1. The Balaban J connectivity index is 1.91. The van der Waals surface area contributed by atoms with Crippen molar-refractivity contribution in [3.05, 3.63) is 30.2 Å². The van der Waals surface area contributed by atoms with E-state index in [-0.39, 0.29) is 12.4 Å². The zero-order valence-electron chi connectivity index (χ0n) is 7.23. The minimum absolute atomic E-state index is 0.166. The average molecular weight is 192 g/mol. The molecule has 2 heterocycles. The minimum Gasteiger partial charge on any atom is -0.408 e. The Morgan fingerprint density at radius 1 is 1.29 bits per heavy atom. The minimum atomic E-state index is -0.362. The maximum Gasteiger partial charge on any atom is 0.318 e. The molecule has 0 bridgehead atoms. The molecule has 0 amide bonds. The fraction of sp³-hybridized carbons (Fsp3) is 0.125. The van der Waals surface area contributed by atoms with Gasteiger partial charge in [0.25, 0.3) is 0 Å². The Morgan fingerprint density at radius 2 is 2.07 bits per heavy atom. The highest BCUT2D eigenvalue weighted by Gasteiger charge is 2.07. The normalized spacial score (nSPS) is 10.0. The number of ether oxygens (including phenoxy) is 1. The number of hydrogen-bond donors (Lipinski definition) is 2. The molecule has 0 fully saturated rings. The molecule has 0 aliphatic rings. The Bertz CT molecular complexity index is 355. The number of rotatable bonds is 3. The topological polar surface area (TPSA) is 83.7 Å². The van der Waals surface area contributed by atoms with Gasteiger partial charge in [0.15, 0.2) is 0 Å². The first-order valence-electron chi connectivity index (χ1n) is 4.03. The van der Waals surface area contributed by atoms with Crippen molar-refractivity contribution < 1.29 is 9.53 Å². The second-order valence-electron chi connectivity index (χ2n) is 2.65. The molecule has 0 radical (unpaired) electrons. The smallest absolute Gasteiger partial charge is 0.318 e. The first kappa shape index (κ1) is 8.49. The van der Waals surface area contributed by atoms with Crippen LogP contribution in [0, 0.1) is 0 Å². The lowest BCUT2D eigenvalue weighted by atomic mass is 10.3. The van der Waals surface area contributed by atoms with Crippen molar-refractivity contribution in [3.8, 4) is 5.88 Å². The van der Waals surface area contributed by atoms with Crippen LogP contribution in [0.3, 0.4) is 0 Å². The van der Waals surface area contributed by atoms with E-state index in [2.05, 4.69) is 20.4 Å². The predicted molar refractivity (Wildman–Crippen MR) is 46.5 cm³/mol. The molecule has 0 unspecified atom stereocenters. The summed E-state index contributed by atoms with van der Waals surface area (Å²) in [6.45, 7) is 0. The first-order chi connectivity index (χ1) is 6.84. The van der Waals surface area contributed by atoms with Crippen molar-refractivity contribution >= 4 is 5.97 Å². The zero-order chi connectivity index (χ0) is 9.80. The number of H-pyrrole nitrogens is 2. The van der Waals surface area contributed by atoms with Gasteiger partial charge in [-0.1, -0.05) is 0 Å². The summed E-state index contributed by atoms with van der Waals surface area (Å²) in [5.41, 5.74) is 0.717. The van der Waals surface area contributed by atoms with Crippen LogP contribution in [0.15, 0.2) is 24.5 Å². The molecule has 0 aromatic carbocycles. The van der Waals surface area contributed by atoms with Crippen LogP contribution >= 0.6 is 0 Å². The van der Waals surface area contributed by atoms with Crippen molar-refractivity contribution in [3.63, 3.8) is 0 Å². The van der Waals surface area contributed by atoms with Crippen LogP contribution in [0.1, 0.15) is 5.69 Å². The van der Waals surface area contributed by atoms with Crippen LogP contribution in [0.5, 0.6) is 5.88 Å². The van der Waals surface area contributed by atoms with E-state index in [1.54, 1.807) is 18.3 Å². The van der Waals surface area contributed by atoms with Crippen LogP contribution in [0.4, 0.5) is 0 Å². The molecule has 6 nitrogen and oxygen atoms in total. The fourth-order valence-corrected chi connectivity index (χ4v) is 0.997. The molecule has 14 heavy (non-hydrogen) atoms. The van der Waals surface area contributed by atoms with Gasteiger partial charge >= 0.3 is 5.97 Å². The van der Waals surface area contributed by atoms with Crippen molar-refractivity contribution in [1.82, 2.24) is 20.4 Å². The number of aromatic amines is 2. The SMILES string of the molecule is O=C(Cc1ccn[nH]1)Oc1ccn[nH]1. The van der Waals surface area contributed by atoms with Crippen molar-refractivity contribution in [1.29, 1.82) is 0 Å². The Morgan fingerprint density at radius 3 is 2.71 bits per heavy atom. The Kier molecular flexibility index (Phi) is 2.26. The Labute approximate surface area is 79.3 Å². The highest BCUT2D eigenvalue weighted by molar-refractivity contribution is 5.74. The number of nitrogens with one attached hydrogen (secondary N) is 2. The number of carbonyl (C=O) groups is 1. The van der Waals surface area contributed by atoms with Gasteiger partial charge in [-0.3, -0.25) is 9.89 Å². The summed E-state index contributed by atoms with van der Waals surface area (Å²) >= 11 is 0. The molecular formula is C8H8N4O2. The van der Waals surface area contributed by atoms with Crippen molar-refractivity contribution in [2.24, 2.45) is 0 Å². The van der Waals surface area contributed by atoms with Gasteiger partial charge in [-0.25, -0.2) is 5.10 Å². The molecule has 0 atom stereocenters. The lowest BCUT2D eigenvalue weighted by Crippen LogP contribution is -2.11. The van der Waals surface area contributed by atoms with E-state index in [0.717, 1.165) is 5.69 Å². The van der Waals surface area contributed by atoms with Gasteiger partial charge in [0.05, 0.1) is 12.6 Å². The lowest BCUT2D eigenvalue weighted by Gasteiger charge is -1.98. The average Bonchev–Trinajstić information content (AvgIpc) is 2.76. The third-order valence-corrected chi connectivity index (χ3v) is 1.59. The molecule has 6 heteroatoms. The Hall–Kier alpha value is -2.11. The van der Waals surface area contributed by atoms with E-state index < -0.39 is 0 Å². The number of aromatic nitrogens is 4. The molecule has 0 aliphatic carbocycles. The van der Waals surface area contributed by atoms with Gasteiger partial charge in [-0.2, -0.15) is 10.2 Å². The van der Waals surface area contributed by atoms with Crippen LogP contribution < -0.4 is 4.74 Å². The first-order valence-corrected chi connectivity index (χ1v) is 4.03. The molecular weight excluding hydrogens is 184 g/mol.